The number of carbonyl (C=O) groups excluding carboxylic acids is 1. The Labute approximate surface area is 176 Å². The van der Waals surface area contributed by atoms with Crippen molar-refractivity contribution in [3.05, 3.63) is 54.1 Å². The molecule has 5 nitrogen and oxygen atoms in total. The first-order valence-corrected chi connectivity index (χ1v) is 12.6. The second-order valence-electron chi connectivity index (χ2n) is 7.95. The van der Waals surface area contributed by atoms with Crippen molar-refractivity contribution in [3.8, 4) is 0 Å². The molecule has 4 rings (SSSR count). The first-order chi connectivity index (χ1) is 13.9. The zero-order valence-electron chi connectivity index (χ0n) is 16.7. The van der Waals surface area contributed by atoms with Crippen LogP contribution in [0.15, 0.2) is 58.3 Å². The highest BCUT2D eigenvalue weighted by Crippen LogP contribution is 2.44. The highest BCUT2D eigenvalue weighted by Gasteiger charge is 2.40. The SMILES string of the molecule is CSc1ccc(S(=O)(=O)N(C)c2ccc(C(=O)N[C@@H]3C[C@H]4CC[C@H]3C4)cc2)cc1. The highest BCUT2D eigenvalue weighted by atomic mass is 32.2. The fraction of sp³-hybridized carbons (Fsp3) is 0.409. The van der Waals surface area contributed by atoms with Gasteiger partial charge >= 0.3 is 0 Å². The van der Waals surface area contributed by atoms with Crippen molar-refractivity contribution in [1.29, 1.82) is 0 Å². The van der Waals surface area contributed by atoms with E-state index in [4.69, 9.17) is 0 Å². The molecule has 0 radical (unpaired) electrons. The van der Waals surface area contributed by atoms with Crippen LogP contribution in [-0.2, 0) is 10.0 Å². The molecular weight excluding hydrogens is 404 g/mol. The van der Waals surface area contributed by atoms with Crippen LogP contribution in [0.25, 0.3) is 0 Å². The van der Waals surface area contributed by atoms with Crippen molar-refractivity contribution >= 4 is 33.4 Å². The summed E-state index contributed by atoms with van der Waals surface area (Å²) in [6.07, 6.45) is 6.79. The van der Waals surface area contributed by atoms with Gasteiger partial charge < -0.3 is 5.32 Å². The van der Waals surface area contributed by atoms with E-state index in [-0.39, 0.29) is 16.8 Å². The van der Waals surface area contributed by atoms with Crippen molar-refractivity contribution in [2.45, 2.75) is 41.5 Å². The fourth-order valence-corrected chi connectivity index (χ4v) is 6.14. The summed E-state index contributed by atoms with van der Waals surface area (Å²) in [6.45, 7) is 0. The molecular formula is C22H26N2O3S2. The number of rotatable bonds is 6. The molecule has 0 aliphatic heterocycles. The van der Waals surface area contributed by atoms with Crippen LogP contribution in [-0.4, -0.2) is 33.7 Å². The second kappa shape index (κ2) is 8.03. The molecule has 2 bridgehead atoms. The van der Waals surface area contributed by atoms with Gasteiger partial charge in [0, 0.05) is 23.5 Å². The maximum absolute atomic E-state index is 12.9. The molecule has 2 fully saturated rings. The molecule has 3 atom stereocenters. The van der Waals surface area contributed by atoms with Gasteiger partial charge in [-0.3, -0.25) is 9.10 Å². The van der Waals surface area contributed by atoms with E-state index >= 15 is 0 Å². The zero-order valence-corrected chi connectivity index (χ0v) is 18.3. The molecule has 0 saturated heterocycles. The number of anilines is 1. The Kier molecular flexibility index (Phi) is 5.62. The third-order valence-electron chi connectivity index (χ3n) is 6.27. The average Bonchev–Trinajstić information content (AvgIpc) is 3.36. The van der Waals surface area contributed by atoms with Crippen molar-refractivity contribution < 1.29 is 13.2 Å². The number of thioether (sulfide) groups is 1. The van der Waals surface area contributed by atoms with Crippen LogP contribution in [0, 0.1) is 11.8 Å². The van der Waals surface area contributed by atoms with Gasteiger partial charge in [-0.15, -0.1) is 11.8 Å². The monoisotopic (exact) mass is 430 g/mol. The minimum atomic E-state index is -3.65. The number of amides is 1. The summed E-state index contributed by atoms with van der Waals surface area (Å²) in [4.78, 5) is 13.8. The molecule has 2 aliphatic carbocycles. The fourth-order valence-electron chi connectivity index (χ4n) is 4.54. The lowest BCUT2D eigenvalue weighted by Crippen LogP contribution is -2.38. The number of hydrogen-bond acceptors (Lipinski definition) is 4. The first-order valence-electron chi connectivity index (χ1n) is 9.92. The largest absolute Gasteiger partial charge is 0.349 e. The van der Waals surface area contributed by atoms with Crippen LogP contribution >= 0.6 is 11.8 Å². The molecule has 2 aromatic rings. The Hall–Kier alpha value is -1.99. The van der Waals surface area contributed by atoms with Gasteiger partial charge in [-0.05, 0) is 85.9 Å². The summed E-state index contributed by atoms with van der Waals surface area (Å²) in [6, 6.07) is 13.9. The van der Waals surface area contributed by atoms with Gasteiger partial charge in [0.05, 0.1) is 10.6 Å². The van der Waals surface area contributed by atoms with Gasteiger partial charge in [0.25, 0.3) is 15.9 Å². The van der Waals surface area contributed by atoms with E-state index in [9.17, 15) is 13.2 Å². The van der Waals surface area contributed by atoms with Gasteiger partial charge in [-0.25, -0.2) is 8.42 Å². The summed E-state index contributed by atoms with van der Waals surface area (Å²) in [7, 11) is -2.12. The molecule has 154 valence electrons. The molecule has 2 aromatic carbocycles. The lowest BCUT2D eigenvalue weighted by atomic mass is 9.95. The number of sulfonamides is 1. The number of nitrogens with zero attached hydrogens (tertiary/aromatic N) is 1. The number of benzene rings is 2. The van der Waals surface area contributed by atoms with Crippen LogP contribution in [0.4, 0.5) is 5.69 Å². The second-order valence-corrected chi connectivity index (χ2v) is 10.8. The summed E-state index contributed by atoms with van der Waals surface area (Å²) < 4.78 is 27.0. The molecule has 0 heterocycles. The smallest absolute Gasteiger partial charge is 0.264 e. The Morgan fingerprint density at radius 3 is 2.28 bits per heavy atom. The van der Waals surface area contributed by atoms with Crippen molar-refractivity contribution in [1.82, 2.24) is 5.32 Å². The molecule has 0 aromatic heterocycles. The van der Waals surface area contributed by atoms with Gasteiger partial charge in [0.1, 0.15) is 0 Å². The lowest BCUT2D eigenvalue weighted by Gasteiger charge is -2.23. The Bertz CT molecular complexity index is 988. The first kappa shape index (κ1) is 20.3. The number of hydrogen-bond donors (Lipinski definition) is 1. The van der Waals surface area contributed by atoms with Gasteiger partial charge in [-0.2, -0.15) is 0 Å². The summed E-state index contributed by atoms with van der Waals surface area (Å²) in [5.74, 6) is 1.32. The molecule has 1 amide bonds. The molecule has 0 unspecified atom stereocenters. The van der Waals surface area contributed by atoms with Crippen LogP contribution in [0.2, 0.25) is 0 Å². The number of carbonyl (C=O) groups is 1. The Morgan fingerprint density at radius 2 is 1.72 bits per heavy atom. The van der Waals surface area contributed by atoms with E-state index in [1.807, 2.05) is 6.26 Å². The van der Waals surface area contributed by atoms with Gasteiger partial charge in [-0.1, -0.05) is 6.42 Å². The van der Waals surface area contributed by atoms with E-state index in [1.54, 1.807) is 60.3 Å². The van der Waals surface area contributed by atoms with E-state index in [0.717, 1.165) is 17.2 Å². The lowest BCUT2D eigenvalue weighted by molar-refractivity contribution is 0.0923. The van der Waals surface area contributed by atoms with Crippen molar-refractivity contribution in [2.75, 3.05) is 17.6 Å². The highest BCUT2D eigenvalue weighted by molar-refractivity contribution is 7.98. The summed E-state index contributed by atoms with van der Waals surface area (Å²) in [5.41, 5.74) is 1.09. The maximum Gasteiger partial charge on any atom is 0.264 e. The van der Waals surface area contributed by atoms with Crippen LogP contribution in [0.5, 0.6) is 0 Å². The van der Waals surface area contributed by atoms with Crippen molar-refractivity contribution in [2.24, 2.45) is 11.8 Å². The quantitative estimate of drug-likeness (QED) is 0.699. The average molecular weight is 431 g/mol. The minimum absolute atomic E-state index is 0.0766. The van der Waals surface area contributed by atoms with Gasteiger partial charge in [0.15, 0.2) is 0 Å². The number of nitrogens with one attached hydrogen (secondary N) is 1. The molecule has 2 aliphatic rings. The van der Waals surface area contributed by atoms with E-state index in [2.05, 4.69) is 5.32 Å². The standard InChI is InChI=1S/C22H26N2O3S2/c1-24(29(26,27)20-11-9-19(28-2)10-12-20)18-7-5-16(6-8-18)22(25)23-21-14-15-3-4-17(21)13-15/h5-12,15,17,21H,3-4,13-14H2,1-2H3,(H,23,25)/t15-,17-,21+/m0/s1. The number of fused-ring (bicyclic) bond motifs is 2. The predicted octanol–water partition coefficient (Wildman–Crippen LogP) is 4.15. The Balaban J connectivity index is 1.45. The van der Waals surface area contributed by atoms with Crippen LogP contribution in [0.3, 0.4) is 0 Å². The van der Waals surface area contributed by atoms with Crippen LogP contribution < -0.4 is 9.62 Å². The Morgan fingerprint density at radius 1 is 1.03 bits per heavy atom. The van der Waals surface area contributed by atoms with Crippen LogP contribution in [0.1, 0.15) is 36.0 Å². The van der Waals surface area contributed by atoms with Gasteiger partial charge in [0.2, 0.25) is 0 Å². The summed E-state index contributed by atoms with van der Waals surface area (Å²) >= 11 is 1.57. The molecule has 1 N–H and O–H groups in total. The topological polar surface area (TPSA) is 66.5 Å². The predicted molar refractivity (Wildman–Crippen MR) is 117 cm³/mol. The third kappa shape index (κ3) is 4.03. The van der Waals surface area contributed by atoms with E-state index in [0.29, 0.717) is 17.2 Å². The molecule has 2 saturated carbocycles. The normalized spacial score (nSPS) is 23.2. The maximum atomic E-state index is 12.9. The molecule has 0 spiro atoms. The zero-order chi connectivity index (χ0) is 20.6. The minimum Gasteiger partial charge on any atom is -0.349 e. The van der Waals surface area contributed by atoms with E-state index in [1.165, 1.54) is 30.6 Å². The van der Waals surface area contributed by atoms with E-state index < -0.39 is 10.0 Å². The molecule has 7 heteroatoms. The third-order valence-corrected chi connectivity index (χ3v) is 8.81. The van der Waals surface area contributed by atoms with Crippen molar-refractivity contribution in [3.63, 3.8) is 0 Å². The summed E-state index contributed by atoms with van der Waals surface area (Å²) in [5, 5.41) is 3.17. The molecule has 29 heavy (non-hydrogen) atoms.